The van der Waals surface area contributed by atoms with Crippen LogP contribution in [-0.4, -0.2) is 72.3 Å². The van der Waals surface area contributed by atoms with Crippen LogP contribution in [0.4, 0.5) is 16.2 Å². The van der Waals surface area contributed by atoms with Crippen molar-refractivity contribution in [3.63, 3.8) is 0 Å². The van der Waals surface area contributed by atoms with Crippen molar-refractivity contribution in [3.05, 3.63) is 52.8 Å². The summed E-state index contributed by atoms with van der Waals surface area (Å²) in [4.78, 5) is 24.8. The molecule has 33 heavy (non-hydrogen) atoms. The summed E-state index contributed by atoms with van der Waals surface area (Å²) < 4.78 is 7.30. The van der Waals surface area contributed by atoms with Gasteiger partial charge in [-0.05, 0) is 13.1 Å². The summed E-state index contributed by atoms with van der Waals surface area (Å²) in [7, 11) is 1.98. The second-order valence-corrected chi connectivity index (χ2v) is 8.09. The Kier molecular flexibility index (Phi) is 5.81. The Labute approximate surface area is 197 Å². The largest absolute Gasteiger partial charge is 0.378 e. The third kappa shape index (κ3) is 4.33. The Morgan fingerprint density at radius 2 is 1.97 bits per heavy atom. The second-order valence-electron chi connectivity index (χ2n) is 7.29. The van der Waals surface area contributed by atoms with Crippen molar-refractivity contribution < 1.29 is 9.53 Å². The summed E-state index contributed by atoms with van der Waals surface area (Å²) in [6, 6.07) is 2.55. The van der Waals surface area contributed by atoms with Crippen molar-refractivity contribution in [2.24, 2.45) is 0 Å². The fraction of sp³-hybridized carbons (Fsp3) is 0.263. The third-order valence-corrected chi connectivity index (χ3v) is 5.60. The summed E-state index contributed by atoms with van der Waals surface area (Å²) >= 11 is 12.4. The van der Waals surface area contributed by atoms with Crippen LogP contribution in [0.5, 0.6) is 0 Å². The van der Waals surface area contributed by atoms with Gasteiger partial charge in [0.05, 0.1) is 66.1 Å². The van der Waals surface area contributed by atoms with Crippen LogP contribution in [-0.2, 0) is 4.74 Å². The van der Waals surface area contributed by atoms with Crippen molar-refractivity contribution in [2.75, 3.05) is 37.4 Å². The minimum Gasteiger partial charge on any atom is -0.378 e. The minimum absolute atomic E-state index is 0.160. The lowest BCUT2D eigenvalue weighted by Crippen LogP contribution is -2.38. The number of likely N-dealkylation sites (N-methyl/N-ethyl adjacent to an activating group) is 1. The maximum atomic E-state index is 12.8. The van der Waals surface area contributed by atoms with Gasteiger partial charge < -0.3 is 15.4 Å². The molecule has 2 amide bonds. The molecule has 0 spiro atoms. The van der Waals surface area contributed by atoms with Gasteiger partial charge in [-0.15, -0.1) is 4.80 Å². The molecule has 0 aromatic carbocycles. The summed E-state index contributed by atoms with van der Waals surface area (Å²) in [5.74, 6) is 0.348. The molecular weight excluding hydrogens is 471 g/mol. The lowest BCUT2D eigenvalue weighted by molar-refractivity contribution is 0.00301. The number of nitrogens with zero attached hydrogens (tertiary/aromatic N) is 8. The quantitative estimate of drug-likeness (QED) is 0.448. The molecule has 0 aliphatic carbocycles. The lowest BCUT2D eigenvalue weighted by Gasteiger charge is -2.33. The highest BCUT2D eigenvalue weighted by atomic mass is 35.5. The smallest absolute Gasteiger partial charge is 0.323 e. The van der Waals surface area contributed by atoms with E-state index in [1.165, 1.54) is 23.4 Å². The maximum Gasteiger partial charge on any atom is 0.323 e. The molecule has 170 valence electrons. The Morgan fingerprint density at radius 1 is 1.15 bits per heavy atom. The standard InChI is InChI=1S/C19H18Cl2N10O2/c1-29-4-5-33-10-14(29)17-13(9-22-16-7-15(21)28-30(16)17)27-19(32)26-11-6-12(20)18(23-8-11)31-24-2-3-25-31/h2-3,6-9,14H,4-5,10H2,1H3,(H2,26,27,32). The molecule has 12 nitrogen and oxygen atoms in total. The molecule has 5 heterocycles. The first kappa shape index (κ1) is 21.5. The van der Waals surface area contributed by atoms with Crippen LogP contribution in [0.15, 0.2) is 36.9 Å². The number of pyridine rings is 1. The van der Waals surface area contributed by atoms with Crippen LogP contribution in [0.25, 0.3) is 11.5 Å². The molecule has 0 saturated carbocycles. The lowest BCUT2D eigenvalue weighted by atomic mass is 10.1. The number of rotatable bonds is 4. The van der Waals surface area contributed by atoms with Gasteiger partial charge in [0.25, 0.3) is 0 Å². The van der Waals surface area contributed by atoms with Gasteiger partial charge in [-0.1, -0.05) is 23.2 Å². The van der Waals surface area contributed by atoms with E-state index in [4.69, 9.17) is 27.9 Å². The molecule has 14 heteroatoms. The first-order chi connectivity index (χ1) is 16.0. The number of hydrogen-bond acceptors (Lipinski definition) is 8. The Bertz CT molecular complexity index is 1310. The highest BCUT2D eigenvalue weighted by Gasteiger charge is 2.28. The number of amides is 2. The van der Waals surface area contributed by atoms with Gasteiger partial charge in [0.15, 0.2) is 16.6 Å². The van der Waals surface area contributed by atoms with Crippen molar-refractivity contribution in [1.29, 1.82) is 0 Å². The zero-order chi connectivity index (χ0) is 22.9. The van der Waals surface area contributed by atoms with Gasteiger partial charge in [0, 0.05) is 12.6 Å². The topological polar surface area (TPSA) is 127 Å². The molecule has 4 aromatic heterocycles. The second kappa shape index (κ2) is 8.90. The summed E-state index contributed by atoms with van der Waals surface area (Å²) in [5.41, 5.74) is 2.14. The third-order valence-electron chi connectivity index (χ3n) is 5.14. The average molecular weight is 489 g/mol. The predicted molar refractivity (Wildman–Crippen MR) is 121 cm³/mol. The highest BCUT2D eigenvalue weighted by molar-refractivity contribution is 6.32. The van der Waals surface area contributed by atoms with Crippen LogP contribution in [0, 0.1) is 0 Å². The van der Waals surface area contributed by atoms with E-state index in [1.807, 2.05) is 7.05 Å². The SMILES string of the molecule is CN1CCOCC1c1c(NC(=O)Nc2cnc(-n3nccn3)c(Cl)c2)cnc2cc(Cl)nn12. The van der Waals surface area contributed by atoms with E-state index < -0.39 is 6.03 Å². The van der Waals surface area contributed by atoms with E-state index in [2.05, 4.69) is 40.8 Å². The first-order valence-corrected chi connectivity index (χ1v) is 10.7. The number of anilines is 2. The molecular formula is C19H18Cl2N10O2. The van der Waals surface area contributed by atoms with Crippen LogP contribution in [0.1, 0.15) is 11.7 Å². The molecule has 1 saturated heterocycles. The van der Waals surface area contributed by atoms with Crippen LogP contribution in [0.3, 0.4) is 0 Å². The molecule has 1 fully saturated rings. The molecule has 0 bridgehead atoms. The van der Waals surface area contributed by atoms with Crippen LogP contribution < -0.4 is 10.6 Å². The molecule has 5 rings (SSSR count). The number of aromatic nitrogens is 7. The van der Waals surface area contributed by atoms with Crippen LogP contribution >= 0.6 is 23.2 Å². The van der Waals surface area contributed by atoms with E-state index >= 15 is 0 Å². The van der Waals surface area contributed by atoms with E-state index in [1.54, 1.807) is 22.8 Å². The number of fused-ring (bicyclic) bond motifs is 1. The molecule has 1 atom stereocenters. The molecule has 2 N–H and O–H groups in total. The van der Waals surface area contributed by atoms with Gasteiger partial charge >= 0.3 is 6.03 Å². The monoisotopic (exact) mass is 488 g/mol. The van der Waals surface area contributed by atoms with Crippen molar-refractivity contribution in [2.45, 2.75) is 6.04 Å². The van der Waals surface area contributed by atoms with Crippen molar-refractivity contribution >= 4 is 46.3 Å². The Balaban J connectivity index is 1.41. The Morgan fingerprint density at radius 3 is 2.73 bits per heavy atom. The van der Waals surface area contributed by atoms with Crippen LogP contribution in [0.2, 0.25) is 10.2 Å². The number of carbonyl (C=O) groups is 1. The van der Waals surface area contributed by atoms with Gasteiger partial charge in [0.2, 0.25) is 0 Å². The number of carbonyl (C=O) groups excluding carboxylic acids is 1. The average Bonchev–Trinajstić information content (AvgIpc) is 3.44. The number of halogens is 2. The number of urea groups is 1. The zero-order valence-electron chi connectivity index (χ0n) is 17.3. The summed E-state index contributed by atoms with van der Waals surface area (Å²) in [5, 5.41) is 18.5. The van der Waals surface area contributed by atoms with Gasteiger partial charge in [-0.3, -0.25) is 4.90 Å². The van der Waals surface area contributed by atoms with Gasteiger partial charge in [0.1, 0.15) is 0 Å². The minimum atomic E-state index is -0.502. The zero-order valence-corrected chi connectivity index (χ0v) is 18.8. The fourth-order valence-electron chi connectivity index (χ4n) is 3.57. The van der Waals surface area contributed by atoms with Gasteiger partial charge in [-0.25, -0.2) is 19.3 Å². The van der Waals surface area contributed by atoms with Crippen molar-refractivity contribution in [1.82, 2.24) is 39.5 Å². The molecule has 1 unspecified atom stereocenters. The number of nitrogens with one attached hydrogen (secondary N) is 2. The highest BCUT2D eigenvalue weighted by Crippen LogP contribution is 2.30. The maximum absolute atomic E-state index is 12.8. The summed E-state index contributed by atoms with van der Waals surface area (Å²) in [6.45, 7) is 1.80. The number of ether oxygens (including phenoxy) is 1. The summed E-state index contributed by atoms with van der Waals surface area (Å²) in [6.07, 6.45) is 6.06. The number of morpholine rings is 1. The van der Waals surface area contributed by atoms with E-state index in [0.717, 1.165) is 6.54 Å². The molecule has 4 aromatic rings. The van der Waals surface area contributed by atoms with E-state index in [0.29, 0.717) is 46.9 Å². The normalized spacial score (nSPS) is 16.8. The first-order valence-electron chi connectivity index (χ1n) is 9.92. The Hall–Kier alpha value is -3.32. The van der Waals surface area contributed by atoms with E-state index in [-0.39, 0.29) is 11.1 Å². The molecule has 1 aliphatic rings. The molecule has 1 aliphatic heterocycles. The number of hydrogen-bond donors (Lipinski definition) is 2. The molecule has 0 radical (unpaired) electrons. The predicted octanol–water partition coefficient (Wildman–Crippen LogP) is 2.66. The fourth-order valence-corrected chi connectivity index (χ4v) is 3.99. The van der Waals surface area contributed by atoms with Crippen molar-refractivity contribution in [3.8, 4) is 5.82 Å². The van der Waals surface area contributed by atoms with Gasteiger partial charge in [-0.2, -0.15) is 15.3 Å². The van der Waals surface area contributed by atoms with E-state index in [9.17, 15) is 4.79 Å².